The second-order valence-electron chi connectivity index (χ2n) is 7.46. The minimum absolute atomic E-state index is 0.100. The van der Waals surface area contributed by atoms with E-state index < -0.39 is 12.8 Å². The minimum Gasteiger partial charge on any atom is -0.447 e. The molecule has 6 nitrogen and oxygen atoms in total. The quantitative estimate of drug-likeness (QED) is 0.631. The zero-order valence-electron chi connectivity index (χ0n) is 17.3. The second-order valence-corrected chi connectivity index (χ2v) is 7.46. The zero-order valence-corrected chi connectivity index (χ0v) is 17.3. The third kappa shape index (κ3) is 4.21. The van der Waals surface area contributed by atoms with Crippen molar-refractivity contribution in [2.24, 2.45) is 0 Å². The summed E-state index contributed by atoms with van der Waals surface area (Å²) in [5.41, 5.74) is 2.94. The predicted octanol–water partition coefficient (Wildman–Crippen LogP) is 3.65. The Morgan fingerprint density at radius 1 is 1.10 bits per heavy atom. The molecule has 2 heterocycles. The lowest BCUT2D eigenvalue weighted by molar-refractivity contribution is 0.0915. The van der Waals surface area contributed by atoms with Crippen molar-refractivity contribution in [2.45, 2.75) is 25.9 Å². The summed E-state index contributed by atoms with van der Waals surface area (Å²) in [5.74, 6) is 0.620. The number of amides is 1. The topological polar surface area (TPSA) is 64.4 Å². The summed E-state index contributed by atoms with van der Waals surface area (Å²) in [5, 5.41) is 0. The number of alkyl halides is 1. The number of hydrogen-bond donors (Lipinski definition) is 0. The molecule has 0 atom stereocenters. The van der Waals surface area contributed by atoms with Gasteiger partial charge in [-0.05, 0) is 18.1 Å². The molecule has 1 aliphatic heterocycles. The number of fused-ring (bicyclic) bond motifs is 1. The molecule has 0 aliphatic carbocycles. The van der Waals surface area contributed by atoms with Crippen molar-refractivity contribution >= 4 is 6.09 Å². The van der Waals surface area contributed by atoms with Crippen LogP contribution >= 0.6 is 0 Å². The van der Waals surface area contributed by atoms with E-state index >= 15 is 0 Å². The number of aryl methyl sites for hydroxylation is 1. The molecule has 0 saturated heterocycles. The number of carbonyl (C=O) groups is 1. The van der Waals surface area contributed by atoms with Gasteiger partial charge in [0.25, 0.3) is 5.56 Å². The summed E-state index contributed by atoms with van der Waals surface area (Å²) in [4.78, 5) is 32.1. The van der Waals surface area contributed by atoms with Gasteiger partial charge in [0.1, 0.15) is 19.1 Å². The lowest BCUT2D eigenvalue weighted by Gasteiger charge is -2.30. The number of ether oxygens (including phenoxy) is 1. The molecular formula is C24H24FN3O3. The highest BCUT2D eigenvalue weighted by Crippen LogP contribution is 2.27. The van der Waals surface area contributed by atoms with Gasteiger partial charge < -0.3 is 9.64 Å². The maximum absolute atomic E-state index is 13.7. The normalized spacial score (nSPS) is 13.2. The van der Waals surface area contributed by atoms with Crippen molar-refractivity contribution < 1.29 is 13.9 Å². The molecule has 0 radical (unpaired) electrons. The van der Waals surface area contributed by atoms with Crippen LogP contribution in [-0.2, 0) is 17.7 Å². The molecule has 1 aromatic heterocycles. The first kappa shape index (κ1) is 20.8. The minimum atomic E-state index is -0.737. The molecular weight excluding hydrogens is 397 g/mol. The van der Waals surface area contributed by atoms with Crippen LogP contribution in [0.5, 0.6) is 0 Å². The van der Waals surface area contributed by atoms with Crippen molar-refractivity contribution in [1.29, 1.82) is 0 Å². The standard InChI is InChI=1S/C24H24FN3O3/c1-17-26-21-12-14-27(24(30)31-15-13-25)16-20(21)23(29)28(17)22(18-8-4-2-5-9-18)19-10-6-3-7-11-19/h2-11,22H,12-16H2,1H3. The second kappa shape index (κ2) is 9.12. The van der Waals surface area contributed by atoms with E-state index in [4.69, 9.17) is 9.72 Å². The van der Waals surface area contributed by atoms with Crippen molar-refractivity contribution in [3.8, 4) is 0 Å². The SMILES string of the molecule is Cc1nc2c(c(=O)n1C(c1ccccc1)c1ccccc1)CN(C(=O)OCCF)CC2. The summed E-state index contributed by atoms with van der Waals surface area (Å²) in [6.45, 7) is 1.29. The lowest BCUT2D eigenvalue weighted by atomic mass is 9.97. The molecule has 160 valence electrons. The largest absolute Gasteiger partial charge is 0.447 e. The molecule has 4 rings (SSSR count). The van der Waals surface area contributed by atoms with Crippen LogP contribution < -0.4 is 5.56 Å². The maximum Gasteiger partial charge on any atom is 0.410 e. The summed E-state index contributed by atoms with van der Waals surface area (Å²) in [6.07, 6.45) is -0.157. The van der Waals surface area contributed by atoms with E-state index in [9.17, 15) is 14.0 Å². The van der Waals surface area contributed by atoms with Gasteiger partial charge in [-0.25, -0.2) is 14.2 Å². The Labute approximate surface area is 179 Å². The molecule has 0 fully saturated rings. The Morgan fingerprint density at radius 2 is 1.71 bits per heavy atom. The van der Waals surface area contributed by atoms with Gasteiger partial charge >= 0.3 is 6.09 Å². The van der Waals surface area contributed by atoms with Gasteiger partial charge in [-0.15, -0.1) is 0 Å². The molecule has 1 amide bonds. The number of halogens is 1. The molecule has 0 bridgehead atoms. The van der Waals surface area contributed by atoms with Gasteiger partial charge in [-0.1, -0.05) is 60.7 Å². The highest BCUT2D eigenvalue weighted by Gasteiger charge is 2.29. The van der Waals surface area contributed by atoms with Gasteiger partial charge in [0.2, 0.25) is 0 Å². The number of carbonyl (C=O) groups excluding carboxylic acids is 1. The molecule has 2 aromatic carbocycles. The Morgan fingerprint density at radius 3 is 2.29 bits per heavy atom. The average molecular weight is 421 g/mol. The third-order valence-corrected chi connectivity index (χ3v) is 5.49. The van der Waals surface area contributed by atoms with Gasteiger partial charge in [0.05, 0.1) is 23.8 Å². The van der Waals surface area contributed by atoms with Crippen LogP contribution in [0.25, 0.3) is 0 Å². The molecule has 7 heteroatoms. The molecule has 0 spiro atoms. The maximum atomic E-state index is 13.7. The van der Waals surface area contributed by atoms with Gasteiger partial charge in [0, 0.05) is 13.0 Å². The summed E-state index contributed by atoms with van der Waals surface area (Å²) in [7, 11) is 0. The Bertz CT molecular complexity index is 1080. The average Bonchev–Trinajstić information content (AvgIpc) is 2.81. The van der Waals surface area contributed by atoms with Crippen LogP contribution in [0, 0.1) is 6.92 Å². The number of nitrogens with zero attached hydrogens (tertiary/aromatic N) is 3. The lowest BCUT2D eigenvalue weighted by Crippen LogP contribution is -2.42. The molecule has 1 aliphatic rings. The smallest absolute Gasteiger partial charge is 0.410 e. The van der Waals surface area contributed by atoms with E-state index in [-0.39, 0.29) is 24.8 Å². The van der Waals surface area contributed by atoms with E-state index in [1.54, 1.807) is 4.57 Å². The summed E-state index contributed by atoms with van der Waals surface area (Å²) in [6, 6.07) is 19.3. The number of aromatic nitrogens is 2. The van der Waals surface area contributed by atoms with E-state index in [2.05, 4.69) is 0 Å². The fourth-order valence-electron chi connectivity index (χ4n) is 4.05. The van der Waals surface area contributed by atoms with Crippen LogP contribution in [0.3, 0.4) is 0 Å². The van der Waals surface area contributed by atoms with Gasteiger partial charge in [0.15, 0.2) is 0 Å². The Balaban J connectivity index is 1.80. The zero-order chi connectivity index (χ0) is 21.8. The van der Waals surface area contributed by atoms with E-state index in [1.807, 2.05) is 67.6 Å². The monoisotopic (exact) mass is 421 g/mol. The molecule has 0 unspecified atom stereocenters. The Kier molecular flexibility index (Phi) is 6.11. The highest BCUT2D eigenvalue weighted by molar-refractivity contribution is 5.68. The Hall–Kier alpha value is -3.48. The van der Waals surface area contributed by atoms with E-state index in [0.717, 1.165) is 11.1 Å². The molecule has 0 N–H and O–H groups in total. The predicted molar refractivity (Wildman–Crippen MR) is 115 cm³/mol. The van der Waals surface area contributed by atoms with Crippen molar-refractivity contribution in [1.82, 2.24) is 14.5 Å². The van der Waals surface area contributed by atoms with E-state index in [0.29, 0.717) is 30.0 Å². The van der Waals surface area contributed by atoms with Crippen LogP contribution in [0.2, 0.25) is 0 Å². The molecule has 3 aromatic rings. The first-order chi connectivity index (χ1) is 15.1. The van der Waals surface area contributed by atoms with Gasteiger partial charge in [-0.2, -0.15) is 0 Å². The summed E-state index contributed by atoms with van der Waals surface area (Å²) < 4.78 is 19.0. The number of rotatable bonds is 5. The van der Waals surface area contributed by atoms with Crippen LogP contribution in [0.15, 0.2) is 65.5 Å². The van der Waals surface area contributed by atoms with Crippen LogP contribution in [-0.4, -0.2) is 40.4 Å². The first-order valence-electron chi connectivity index (χ1n) is 10.3. The van der Waals surface area contributed by atoms with Crippen molar-refractivity contribution in [2.75, 3.05) is 19.8 Å². The molecule has 0 saturated carbocycles. The van der Waals surface area contributed by atoms with Gasteiger partial charge in [-0.3, -0.25) is 9.36 Å². The van der Waals surface area contributed by atoms with Crippen LogP contribution in [0.4, 0.5) is 9.18 Å². The highest BCUT2D eigenvalue weighted by atomic mass is 19.1. The first-order valence-corrected chi connectivity index (χ1v) is 10.3. The van der Waals surface area contributed by atoms with Crippen molar-refractivity contribution in [3.05, 3.63) is 99.2 Å². The fraction of sp³-hybridized carbons (Fsp3) is 0.292. The van der Waals surface area contributed by atoms with E-state index in [1.165, 1.54) is 4.90 Å². The van der Waals surface area contributed by atoms with Crippen LogP contribution in [0.1, 0.15) is 34.3 Å². The van der Waals surface area contributed by atoms with Crippen molar-refractivity contribution in [3.63, 3.8) is 0 Å². The fourth-order valence-corrected chi connectivity index (χ4v) is 4.05. The molecule has 31 heavy (non-hydrogen) atoms. The number of hydrogen-bond acceptors (Lipinski definition) is 4. The summed E-state index contributed by atoms with van der Waals surface area (Å²) >= 11 is 0. The number of benzene rings is 2. The third-order valence-electron chi connectivity index (χ3n) is 5.49.